The summed E-state index contributed by atoms with van der Waals surface area (Å²) in [7, 11) is 0. The van der Waals surface area contributed by atoms with Crippen molar-refractivity contribution in [2.24, 2.45) is 5.92 Å². The van der Waals surface area contributed by atoms with E-state index in [4.69, 9.17) is 5.73 Å². The van der Waals surface area contributed by atoms with E-state index in [9.17, 15) is 13.6 Å². The quantitative estimate of drug-likeness (QED) is 0.717. The zero-order valence-corrected chi connectivity index (χ0v) is 15.1. The van der Waals surface area contributed by atoms with Gasteiger partial charge in [0.25, 0.3) is 0 Å². The maximum absolute atomic E-state index is 13.8. The first-order valence-corrected chi connectivity index (χ1v) is 9.34. The fraction of sp³-hybridized carbons (Fsp3) is 0.278. The first-order valence-electron chi connectivity index (χ1n) is 8.52. The van der Waals surface area contributed by atoms with E-state index in [1.807, 2.05) is 6.07 Å². The minimum atomic E-state index is -0.735. The van der Waals surface area contributed by atoms with Crippen molar-refractivity contribution in [1.82, 2.24) is 9.97 Å². The second-order valence-electron chi connectivity index (χ2n) is 6.47. The van der Waals surface area contributed by atoms with Crippen LogP contribution in [0.15, 0.2) is 30.5 Å². The van der Waals surface area contributed by atoms with Gasteiger partial charge in [-0.25, -0.2) is 18.7 Å². The number of nitrogen functional groups attached to an aromatic ring is 1. The van der Waals surface area contributed by atoms with Gasteiger partial charge in [0.2, 0.25) is 5.91 Å². The Balaban J connectivity index is 1.48. The lowest BCUT2D eigenvalue weighted by Crippen LogP contribution is -2.40. The number of nitrogens with one attached hydrogen (secondary N) is 1. The third-order valence-electron chi connectivity index (χ3n) is 4.57. The van der Waals surface area contributed by atoms with Crippen LogP contribution in [0.5, 0.6) is 0 Å². The topological polar surface area (TPSA) is 84.1 Å². The Morgan fingerprint density at radius 1 is 1.33 bits per heavy atom. The highest BCUT2D eigenvalue weighted by atomic mass is 32.1. The minimum Gasteiger partial charge on any atom is -0.384 e. The molecule has 9 heteroatoms. The van der Waals surface area contributed by atoms with E-state index in [0.717, 1.165) is 42.5 Å². The van der Waals surface area contributed by atoms with Crippen molar-refractivity contribution in [3.8, 4) is 0 Å². The standard InChI is InChI=1S/C18H17F2N5OS/c19-11-6-13(20)16-14(7-11)27-18(23-16)24-17(26)10-2-1-5-25(9-10)12-3-4-22-15(21)8-12/h3-4,6-8,10H,1-2,5,9H2,(H2,21,22)(H,23,24,26). The molecule has 1 aromatic carbocycles. The van der Waals surface area contributed by atoms with Gasteiger partial charge in [-0.05, 0) is 25.0 Å². The average Bonchev–Trinajstić information content (AvgIpc) is 3.04. The number of carbonyl (C=O) groups excluding carboxylic acids is 1. The highest BCUT2D eigenvalue weighted by Gasteiger charge is 2.27. The van der Waals surface area contributed by atoms with Gasteiger partial charge in [0.1, 0.15) is 17.2 Å². The Hall–Kier alpha value is -2.81. The largest absolute Gasteiger partial charge is 0.384 e. The van der Waals surface area contributed by atoms with Gasteiger partial charge in [-0.1, -0.05) is 11.3 Å². The summed E-state index contributed by atoms with van der Waals surface area (Å²) in [5.41, 5.74) is 6.73. The number of halogens is 2. The second kappa shape index (κ2) is 7.07. The Morgan fingerprint density at radius 3 is 3.00 bits per heavy atom. The molecule has 3 aromatic rings. The molecule has 27 heavy (non-hydrogen) atoms. The maximum atomic E-state index is 13.8. The van der Waals surface area contributed by atoms with Crippen LogP contribution in [0, 0.1) is 17.6 Å². The van der Waals surface area contributed by atoms with E-state index >= 15 is 0 Å². The average molecular weight is 389 g/mol. The van der Waals surface area contributed by atoms with Crippen molar-refractivity contribution >= 4 is 44.1 Å². The van der Waals surface area contributed by atoms with Crippen LogP contribution in [-0.2, 0) is 4.79 Å². The zero-order chi connectivity index (χ0) is 19.0. The molecule has 0 saturated carbocycles. The Labute approximate surface area is 158 Å². The summed E-state index contributed by atoms with van der Waals surface area (Å²) < 4.78 is 27.5. The van der Waals surface area contributed by atoms with Gasteiger partial charge in [0.05, 0.1) is 10.6 Å². The number of rotatable bonds is 3. The van der Waals surface area contributed by atoms with E-state index in [0.29, 0.717) is 17.1 Å². The van der Waals surface area contributed by atoms with Gasteiger partial charge in [0.15, 0.2) is 10.9 Å². The van der Waals surface area contributed by atoms with Crippen molar-refractivity contribution in [1.29, 1.82) is 0 Å². The second-order valence-corrected chi connectivity index (χ2v) is 7.50. The number of fused-ring (bicyclic) bond motifs is 1. The molecule has 2 aromatic heterocycles. The normalized spacial score (nSPS) is 17.3. The number of carbonyl (C=O) groups is 1. The molecule has 0 bridgehead atoms. The number of amides is 1. The smallest absolute Gasteiger partial charge is 0.231 e. The van der Waals surface area contributed by atoms with E-state index < -0.39 is 11.6 Å². The van der Waals surface area contributed by atoms with E-state index in [2.05, 4.69) is 20.2 Å². The first-order chi connectivity index (χ1) is 13.0. The summed E-state index contributed by atoms with van der Waals surface area (Å²) in [6.45, 7) is 1.38. The molecule has 1 aliphatic rings. The molecule has 6 nitrogen and oxygen atoms in total. The molecule has 3 N–H and O–H groups in total. The van der Waals surface area contributed by atoms with Gasteiger partial charge in [-0.15, -0.1) is 0 Å². The van der Waals surface area contributed by atoms with E-state index in [1.54, 1.807) is 12.3 Å². The molecule has 4 rings (SSSR count). The lowest BCUT2D eigenvalue weighted by atomic mass is 9.97. The van der Waals surface area contributed by atoms with Crippen molar-refractivity contribution < 1.29 is 13.6 Å². The molecule has 0 radical (unpaired) electrons. The lowest BCUT2D eigenvalue weighted by Gasteiger charge is -2.33. The highest BCUT2D eigenvalue weighted by Crippen LogP contribution is 2.30. The van der Waals surface area contributed by atoms with Crippen LogP contribution >= 0.6 is 11.3 Å². The number of nitrogens with two attached hydrogens (primary N) is 1. The van der Waals surface area contributed by atoms with Gasteiger partial charge in [0, 0.05) is 37.1 Å². The Morgan fingerprint density at radius 2 is 2.19 bits per heavy atom. The molecule has 1 unspecified atom stereocenters. The molecule has 1 amide bonds. The summed E-state index contributed by atoms with van der Waals surface area (Å²) in [6, 6.07) is 5.64. The number of hydrogen-bond acceptors (Lipinski definition) is 6. The van der Waals surface area contributed by atoms with E-state index in [1.165, 1.54) is 6.07 Å². The van der Waals surface area contributed by atoms with Crippen molar-refractivity contribution in [3.05, 3.63) is 42.1 Å². The number of hydrogen-bond donors (Lipinski definition) is 2. The number of pyridine rings is 1. The minimum absolute atomic E-state index is 0.0641. The predicted octanol–water partition coefficient (Wildman–Crippen LogP) is 3.41. The van der Waals surface area contributed by atoms with Crippen molar-refractivity contribution in [2.45, 2.75) is 12.8 Å². The van der Waals surface area contributed by atoms with Crippen molar-refractivity contribution in [2.75, 3.05) is 29.0 Å². The Kier molecular flexibility index (Phi) is 4.61. The van der Waals surface area contributed by atoms with Gasteiger partial charge >= 0.3 is 0 Å². The number of anilines is 3. The van der Waals surface area contributed by atoms with Crippen LogP contribution in [0.3, 0.4) is 0 Å². The van der Waals surface area contributed by atoms with Crippen LogP contribution in [0.1, 0.15) is 12.8 Å². The molecule has 1 saturated heterocycles. The molecular weight excluding hydrogens is 372 g/mol. The predicted molar refractivity (Wildman–Crippen MR) is 102 cm³/mol. The number of benzene rings is 1. The zero-order valence-electron chi connectivity index (χ0n) is 14.3. The summed E-state index contributed by atoms with van der Waals surface area (Å²) in [5.74, 6) is -1.38. The monoisotopic (exact) mass is 389 g/mol. The lowest BCUT2D eigenvalue weighted by molar-refractivity contribution is -0.120. The van der Waals surface area contributed by atoms with Gasteiger partial charge in [-0.2, -0.15) is 0 Å². The fourth-order valence-electron chi connectivity index (χ4n) is 3.28. The molecule has 1 atom stereocenters. The summed E-state index contributed by atoms with van der Waals surface area (Å²) in [4.78, 5) is 22.8. The molecule has 1 fully saturated rings. The van der Waals surface area contributed by atoms with Crippen LogP contribution < -0.4 is 16.0 Å². The van der Waals surface area contributed by atoms with Gasteiger partial charge in [-0.3, -0.25) is 4.79 Å². The molecular formula is C18H17F2N5OS. The molecule has 1 aliphatic heterocycles. The van der Waals surface area contributed by atoms with Crippen molar-refractivity contribution in [3.63, 3.8) is 0 Å². The van der Waals surface area contributed by atoms with Crippen LogP contribution in [0.25, 0.3) is 10.2 Å². The molecule has 0 spiro atoms. The molecule has 140 valence electrons. The Bertz CT molecular complexity index is 1010. The summed E-state index contributed by atoms with van der Waals surface area (Å²) in [5, 5.41) is 3.02. The summed E-state index contributed by atoms with van der Waals surface area (Å²) in [6.07, 6.45) is 3.25. The van der Waals surface area contributed by atoms with Crippen LogP contribution in [-0.4, -0.2) is 29.0 Å². The molecule has 3 heterocycles. The van der Waals surface area contributed by atoms with Crippen LogP contribution in [0.2, 0.25) is 0 Å². The summed E-state index contributed by atoms with van der Waals surface area (Å²) >= 11 is 1.06. The number of nitrogens with zero attached hydrogens (tertiary/aromatic N) is 3. The van der Waals surface area contributed by atoms with E-state index in [-0.39, 0.29) is 22.5 Å². The highest BCUT2D eigenvalue weighted by molar-refractivity contribution is 7.22. The number of piperidine rings is 1. The number of aromatic nitrogens is 2. The number of thiazole rings is 1. The third-order valence-corrected chi connectivity index (χ3v) is 5.48. The SMILES string of the molecule is Nc1cc(N2CCCC(C(=O)Nc3nc4c(F)cc(F)cc4s3)C2)ccn1. The van der Waals surface area contributed by atoms with Crippen LogP contribution in [0.4, 0.5) is 25.4 Å². The third kappa shape index (κ3) is 3.68. The first kappa shape index (κ1) is 17.6. The fourth-order valence-corrected chi connectivity index (χ4v) is 4.19. The molecule has 0 aliphatic carbocycles. The maximum Gasteiger partial charge on any atom is 0.231 e. The van der Waals surface area contributed by atoms with Gasteiger partial charge < -0.3 is 16.0 Å².